The van der Waals surface area contributed by atoms with Gasteiger partial charge in [-0.1, -0.05) is 18.9 Å². The highest BCUT2D eigenvalue weighted by Crippen LogP contribution is 2.31. The predicted molar refractivity (Wildman–Crippen MR) is 71.9 cm³/mol. The van der Waals surface area contributed by atoms with E-state index in [0.29, 0.717) is 25.9 Å². The van der Waals surface area contributed by atoms with Gasteiger partial charge in [-0.25, -0.2) is 4.79 Å². The average molecular weight is 280 g/mol. The molecule has 6 nitrogen and oxygen atoms in total. The number of amides is 2. The van der Waals surface area contributed by atoms with Gasteiger partial charge in [-0.2, -0.15) is 0 Å². The molecular weight excluding hydrogens is 260 g/mol. The van der Waals surface area contributed by atoms with E-state index in [2.05, 4.69) is 11.9 Å². The minimum atomic E-state index is -1.13. The molecule has 0 aromatic carbocycles. The van der Waals surface area contributed by atoms with Crippen LogP contribution in [0.3, 0.4) is 0 Å². The number of carbonyl (C=O) groups excluding carboxylic acids is 2. The first kappa shape index (κ1) is 14.6. The fraction of sp³-hybridized carbons (Fsp3) is 0.643. The summed E-state index contributed by atoms with van der Waals surface area (Å²) in [5.74, 6) is -1.84. The lowest BCUT2D eigenvalue weighted by atomic mass is 9.96. The lowest BCUT2D eigenvalue weighted by molar-refractivity contribution is -0.148. The first-order valence-electron chi connectivity index (χ1n) is 6.92. The molecule has 110 valence electrons. The number of hydrogen-bond acceptors (Lipinski definition) is 3. The van der Waals surface area contributed by atoms with Gasteiger partial charge in [0.25, 0.3) is 0 Å². The number of nitrogens with zero attached hydrogens (tertiary/aromatic N) is 1. The van der Waals surface area contributed by atoms with Crippen LogP contribution in [0.1, 0.15) is 32.1 Å². The Kier molecular flexibility index (Phi) is 4.11. The summed E-state index contributed by atoms with van der Waals surface area (Å²) < 4.78 is 0. The van der Waals surface area contributed by atoms with Crippen LogP contribution >= 0.6 is 0 Å². The molecule has 20 heavy (non-hydrogen) atoms. The number of likely N-dealkylation sites (tertiary alicyclic amines) is 1. The van der Waals surface area contributed by atoms with E-state index >= 15 is 0 Å². The van der Waals surface area contributed by atoms with Crippen LogP contribution in [-0.4, -0.2) is 46.4 Å². The number of hydrogen-bond donors (Lipinski definition) is 2. The number of carboxylic acid groups (broad SMARTS) is 1. The van der Waals surface area contributed by atoms with Gasteiger partial charge in [0.05, 0.1) is 5.92 Å². The number of carboxylic acids is 1. The van der Waals surface area contributed by atoms with Crippen molar-refractivity contribution in [1.82, 2.24) is 10.2 Å². The van der Waals surface area contributed by atoms with Crippen molar-refractivity contribution >= 4 is 17.8 Å². The Bertz CT molecular complexity index is 440. The van der Waals surface area contributed by atoms with Crippen molar-refractivity contribution in [2.75, 3.05) is 13.1 Å². The first-order valence-corrected chi connectivity index (χ1v) is 6.92. The SMILES string of the molecule is C=CCN1CC(C(=O)NC2(C(=O)O)CCCC2)CC1=O. The Hall–Kier alpha value is -1.85. The van der Waals surface area contributed by atoms with E-state index in [0.717, 1.165) is 12.8 Å². The molecular formula is C14H20N2O4. The molecule has 0 bridgehead atoms. The zero-order valence-electron chi connectivity index (χ0n) is 11.4. The minimum Gasteiger partial charge on any atom is -0.480 e. The van der Waals surface area contributed by atoms with Crippen LogP contribution < -0.4 is 5.32 Å². The monoisotopic (exact) mass is 280 g/mol. The molecule has 0 aromatic heterocycles. The van der Waals surface area contributed by atoms with Crippen molar-refractivity contribution in [3.63, 3.8) is 0 Å². The fourth-order valence-corrected chi connectivity index (χ4v) is 2.99. The van der Waals surface area contributed by atoms with Crippen LogP contribution in [-0.2, 0) is 14.4 Å². The number of carbonyl (C=O) groups is 3. The van der Waals surface area contributed by atoms with Crippen molar-refractivity contribution < 1.29 is 19.5 Å². The third-order valence-electron chi connectivity index (χ3n) is 4.16. The first-order chi connectivity index (χ1) is 9.48. The molecule has 1 atom stereocenters. The van der Waals surface area contributed by atoms with Gasteiger partial charge in [-0.15, -0.1) is 6.58 Å². The van der Waals surface area contributed by atoms with Gasteiger partial charge in [-0.05, 0) is 12.8 Å². The molecule has 2 fully saturated rings. The molecule has 0 spiro atoms. The van der Waals surface area contributed by atoms with Crippen LogP contribution in [0.25, 0.3) is 0 Å². The molecule has 1 aliphatic heterocycles. The molecule has 1 heterocycles. The summed E-state index contributed by atoms with van der Waals surface area (Å²) >= 11 is 0. The van der Waals surface area contributed by atoms with E-state index in [1.54, 1.807) is 11.0 Å². The van der Waals surface area contributed by atoms with Crippen molar-refractivity contribution in [3.8, 4) is 0 Å². The van der Waals surface area contributed by atoms with Crippen molar-refractivity contribution in [1.29, 1.82) is 0 Å². The van der Waals surface area contributed by atoms with Crippen LogP contribution in [0.15, 0.2) is 12.7 Å². The van der Waals surface area contributed by atoms with Crippen molar-refractivity contribution in [2.24, 2.45) is 5.92 Å². The average Bonchev–Trinajstić information content (AvgIpc) is 2.99. The van der Waals surface area contributed by atoms with Crippen molar-refractivity contribution in [3.05, 3.63) is 12.7 Å². The van der Waals surface area contributed by atoms with Gasteiger partial charge in [0.2, 0.25) is 11.8 Å². The van der Waals surface area contributed by atoms with Crippen LogP contribution in [0, 0.1) is 5.92 Å². The number of nitrogens with one attached hydrogen (secondary N) is 1. The van der Waals surface area contributed by atoms with Gasteiger partial charge in [-0.3, -0.25) is 9.59 Å². The maximum absolute atomic E-state index is 12.2. The van der Waals surface area contributed by atoms with Gasteiger partial charge in [0.1, 0.15) is 5.54 Å². The van der Waals surface area contributed by atoms with Gasteiger partial charge < -0.3 is 15.3 Å². The molecule has 0 radical (unpaired) electrons. The van der Waals surface area contributed by atoms with Crippen molar-refractivity contribution in [2.45, 2.75) is 37.6 Å². The predicted octanol–water partition coefficient (Wildman–Crippen LogP) is 0.534. The van der Waals surface area contributed by atoms with E-state index in [1.165, 1.54) is 0 Å². The minimum absolute atomic E-state index is 0.0825. The van der Waals surface area contributed by atoms with Gasteiger partial charge >= 0.3 is 5.97 Å². The third kappa shape index (κ3) is 2.69. The van der Waals surface area contributed by atoms with E-state index in [4.69, 9.17) is 0 Å². The lowest BCUT2D eigenvalue weighted by Crippen LogP contribution is -2.54. The molecule has 1 aliphatic carbocycles. The summed E-state index contributed by atoms with van der Waals surface area (Å²) in [5.41, 5.74) is -1.13. The smallest absolute Gasteiger partial charge is 0.329 e. The van der Waals surface area contributed by atoms with E-state index in [9.17, 15) is 19.5 Å². The summed E-state index contributed by atoms with van der Waals surface area (Å²) in [7, 11) is 0. The molecule has 2 rings (SSSR count). The molecule has 0 aromatic rings. The number of rotatable bonds is 5. The summed E-state index contributed by atoms with van der Waals surface area (Å²) in [4.78, 5) is 36.9. The normalized spacial score (nSPS) is 24.7. The Morgan fingerprint density at radius 2 is 2.10 bits per heavy atom. The number of aliphatic carboxylic acids is 1. The van der Waals surface area contributed by atoms with Crippen LogP contribution in [0.5, 0.6) is 0 Å². The fourth-order valence-electron chi connectivity index (χ4n) is 2.99. The quantitative estimate of drug-likeness (QED) is 0.719. The molecule has 1 saturated heterocycles. The molecule has 2 amide bonds. The second kappa shape index (κ2) is 5.64. The Morgan fingerprint density at radius 3 is 2.65 bits per heavy atom. The summed E-state index contributed by atoms with van der Waals surface area (Å²) in [5, 5.41) is 12.0. The maximum atomic E-state index is 12.2. The second-order valence-electron chi connectivity index (χ2n) is 5.57. The topological polar surface area (TPSA) is 86.7 Å². The largest absolute Gasteiger partial charge is 0.480 e. The maximum Gasteiger partial charge on any atom is 0.329 e. The standard InChI is InChI=1S/C14H20N2O4/c1-2-7-16-9-10(8-11(16)17)12(18)15-14(13(19)20)5-3-4-6-14/h2,10H,1,3-9H2,(H,15,18)(H,19,20). The molecule has 6 heteroatoms. The van der Waals surface area contributed by atoms with E-state index in [1.807, 2.05) is 0 Å². The highest BCUT2D eigenvalue weighted by atomic mass is 16.4. The Balaban J connectivity index is 2.00. The highest BCUT2D eigenvalue weighted by molar-refractivity contribution is 5.92. The highest BCUT2D eigenvalue weighted by Gasteiger charge is 2.45. The Morgan fingerprint density at radius 1 is 1.45 bits per heavy atom. The van der Waals surface area contributed by atoms with Gasteiger partial charge in [0, 0.05) is 19.5 Å². The second-order valence-corrected chi connectivity index (χ2v) is 5.57. The zero-order chi connectivity index (χ0) is 14.8. The van der Waals surface area contributed by atoms with E-state index in [-0.39, 0.29) is 18.2 Å². The summed E-state index contributed by atoms with van der Waals surface area (Å²) in [6.07, 6.45) is 4.30. The van der Waals surface area contributed by atoms with Crippen LogP contribution in [0.2, 0.25) is 0 Å². The Labute approximate surface area is 117 Å². The molecule has 2 aliphatic rings. The van der Waals surface area contributed by atoms with Crippen LogP contribution in [0.4, 0.5) is 0 Å². The van der Waals surface area contributed by atoms with Gasteiger partial charge in [0.15, 0.2) is 0 Å². The lowest BCUT2D eigenvalue weighted by Gasteiger charge is -2.26. The molecule has 1 saturated carbocycles. The third-order valence-corrected chi connectivity index (χ3v) is 4.16. The molecule has 1 unspecified atom stereocenters. The van der Waals surface area contributed by atoms with E-state index < -0.39 is 17.4 Å². The summed E-state index contributed by atoms with van der Waals surface area (Å²) in [6, 6.07) is 0. The summed E-state index contributed by atoms with van der Waals surface area (Å²) in [6.45, 7) is 4.34. The molecule has 2 N–H and O–H groups in total. The zero-order valence-corrected chi connectivity index (χ0v) is 11.4.